The fourth-order valence-electron chi connectivity index (χ4n) is 3.22. The summed E-state index contributed by atoms with van der Waals surface area (Å²) in [5.74, 6) is -2.52. The third-order valence-electron chi connectivity index (χ3n) is 4.85. The van der Waals surface area contributed by atoms with Gasteiger partial charge in [0, 0.05) is 32.7 Å². The van der Waals surface area contributed by atoms with Crippen LogP contribution < -0.4 is 10.2 Å². The predicted molar refractivity (Wildman–Crippen MR) is 103 cm³/mol. The molecule has 8 nitrogen and oxygen atoms in total. The van der Waals surface area contributed by atoms with Gasteiger partial charge in [0.2, 0.25) is 0 Å². The SMILES string of the molecule is N#Cc1cc(C(=O)O)c(C(F)(F)F)nc1N1CCN(C(=O)NCc2ccc(F)cc2)CC1. The monoisotopic (exact) mass is 451 g/mol. The van der Waals surface area contributed by atoms with Crippen molar-refractivity contribution >= 4 is 17.8 Å². The maximum atomic E-state index is 13.3. The standard InChI is InChI=1S/C20H17F4N5O3/c21-14-3-1-12(2-4-14)11-26-19(32)29-7-5-28(6-8-29)17-13(10-25)9-15(18(30)31)16(27-17)20(22,23)24/h1-4,9H,5-8,11H2,(H,26,32)(H,30,31). The Labute approximate surface area is 179 Å². The van der Waals surface area contributed by atoms with Crippen molar-refractivity contribution in [2.24, 2.45) is 0 Å². The van der Waals surface area contributed by atoms with Crippen molar-refractivity contribution in [1.82, 2.24) is 15.2 Å². The van der Waals surface area contributed by atoms with E-state index >= 15 is 0 Å². The summed E-state index contributed by atoms with van der Waals surface area (Å²) in [6.07, 6.45) is -5.02. The van der Waals surface area contributed by atoms with Crippen molar-refractivity contribution in [3.63, 3.8) is 0 Å². The summed E-state index contributed by atoms with van der Waals surface area (Å²) in [5.41, 5.74) is -2.29. The van der Waals surface area contributed by atoms with Crippen molar-refractivity contribution < 1.29 is 32.3 Å². The van der Waals surface area contributed by atoms with E-state index in [0.717, 1.165) is 0 Å². The topological polar surface area (TPSA) is 110 Å². The molecule has 0 aliphatic carbocycles. The molecule has 0 bridgehead atoms. The second-order valence-corrected chi connectivity index (χ2v) is 6.93. The molecular formula is C20H17F4N5O3. The number of nitriles is 1. The number of carboxylic acids is 1. The Morgan fingerprint density at radius 3 is 2.31 bits per heavy atom. The number of hydrogen-bond acceptors (Lipinski definition) is 5. The van der Waals surface area contributed by atoms with Crippen molar-refractivity contribution in [3.05, 3.63) is 58.5 Å². The number of alkyl halides is 3. The summed E-state index contributed by atoms with van der Waals surface area (Å²) < 4.78 is 52.8. The summed E-state index contributed by atoms with van der Waals surface area (Å²) in [7, 11) is 0. The number of aromatic nitrogens is 1. The van der Waals surface area contributed by atoms with Gasteiger partial charge in [0.1, 0.15) is 17.7 Å². The molecule has 3 rings (SSSR count). The lowest BCUT2D eigenvalue weighted by atomic mass is 10.1. The number of nitrogens with zero attached hydrogens (tertiary/aromatic N) is 4. The maximum Gasteiger partial charge on any atom is 0.434 e. The molecule has 1 aliphatic heterocycles. The Kier molecular flexibility index (Phi) is 6.47. The van der Waals surface area contributed by atoms with Crippen LogP contribution in [0.5, 0.6) is 0 Å². The largest absolute Gasteiger partial charge is 0.478 e. The number of amides is 2. The van der Waals surface area contributed by atoms with Gasteiger partial charge < -0.3 is 20.2 Å². The molecule has 32 heavy (non-hydrogen) atoms. The van der Waals surface area contributed by atoms with Gasteiger partial charge in [0.25, 0.3) is 0 Å². The van der Waals surface area contributed by atoms with Crippen LogP contribution in [-0.4, -0.2) is 53.2 Å². The Balaban J connectivity index is 1.70. The highest BCUT2D eigenvalue weighted by atomic mass is 19.4. The summed E-state index contributed by atoms with van der Waals surface area (Å²) in [6, 6.07) is 7.54. The molecule has 12 heteroatoms. The molecule has 168 valence electrons. The zero-order valence-corrected chi connectivity index (χ0v) is 16.5. The van der Waals surface area contributed by atoms with E-state index in [9.17, 15) is 32.4 Å². The lowest BCUT2D eigenvalue weighted by Gasteiger charge is -2.36. The second kappa shape index (κ2) is 9.09. The third-order valence-corrected chi connectivity index (χ3v) is 4.85. The first-order valence-electron chi connectivity index (χ1n) is 9.38. The van der Waals surface area contributed by atoms with Gasteiger partial charge in [-0.2, -0.15) is 18.4 Å². The van der Waals surface area contributed by atoms with E-state index in [1.165, 1.54) is 34.1 Å². The van der Waals surface area contributed by atoms with Gasteiger partial charge in [0.05, 0.1) is 11.1 Å². The molecule has 2 heterocycles. The molecule has 2 N–H and O–H groups in total. The molecule has 1 aromatic heterocycles. The fourth-order valence-corrected chi connectivity index (χ4v) is 3.22. The van der Waals surface area contributed by atoms with Crippen LogP contribution in [0.1, 0.15) is 27.2 Å². The van der Waals surface area contributed by atoms with Crippen LogP contribution in [0, 0.1) is 17.1 Å². The molecule has 1 aliphatic rings. The number of nitrogens with one attached hydrogen (secondary N) is 1. The highest BCUT2D eigenvalue weighted by Crippen LogP contribution is 2.34. The van der Waals surface area contributed by atoms with Crippen molar-refractivity contribution in [2.75, 3.05) is 31.1 Å². The average molecular weight is 451 g/mol. The highest BCUT2D eigenvalue weighted by Gasteiger charge is 2.39. The number of rotatable bonds is 4. The van der Waals surface area contributed by atoms with Crippen LogP contribution in [0.3, 0.4) is 0 Å². The summed E-state index contributed by atoms with van der Waals surface area (Å²) in [6.45, 7) is 0.642. The number of carbonyl (C=O) groups is 2. The van der Waals surface area contributed by atoms with Crippen LogP contribution in [0.4, 0.5) is 28.2 Å². The normalized spacial score (nSPS) is 14.1. The van der Waals surface area contributed by atoms with Crippen molar-refractivity contribution in [1.29, 1.82) is 5.26 Å². The first-order chi connectivity index (χ1) is 15.1. The van der Waals surface area contributed by atoms with E-state index in [0.29, 0.717) is 11.6 Å². The minimum Gasteiger partial charge on any atom is -0.478 e. The minimum atomic E-state index is -5.02. The predicted octanol–water partition coefficient (Wildman–Crippen LogP) is 2.84. The number of anilines is 1. The first kappa shape index (κ1) is 22.8. The molecule has 0 unspecified atom stereocenters. The number of hydrogen-bond donors (Lipinski definition) is 2. The van der Waals surface area contributed by atoms with Crippen LogP contribution in [-0.2, 0) is 12.7 Å². The third kappa shape index (κ3) is 5.05. The van der Waals surface area contributed by atoms with Crippen LogP contribution >= 0.6 is 0 Å². The van der Waals surface area contributed by atoms with E-state index in [1.54, 1.807) is 6.07 Å². The number of pyridine rings is 1. The number of benzene rings is 1. The molecular weight excluding hydrogens is 434 g/mol. The van der Waals surface area contributed by atoms with Gasteiger partial charge >= 0.3 is 18.2 Å². The van der Waals surface area contributed by atoms with Gasteiger partial charge in [-0.1, -0.05) is 12.1 Å². The molecule has 1 saturated heterocycles. The van der Waals surface area contributed by atoms with Gasteiger partial charge in [0.15, 0.2) is 5.69 Å². The van der Waals surface area contributed by atoms with Gasteiger partial charge in [-0.05, 0) is 23.8 Å². The zero-order chi connectivity index (χ0) is 23.5. The molecule has 0 atom stereocenters. The lowest BCUT2D eigenvalue weighted by molar-refractivity contribution is -0.141. The maximum absolute atomic E-state index is 13.3. The number of piperazine rings is 1. The molecule has 1 aromatic carbocycles. The van der Waals surface area contributed by atoms with E-state index in [-0.39, 0.29) is 44.1 Å². The average Bonchev–Trinajstić information content (AvgIpc) is 2.77. The fraction of sp³-hybridized carbons (Fsp3) is 0.300. The quantitative estimate of drug-likeness (QED) is 0.692. The Bertz CT molecular complexity index is 1060. The van der Waals surface area contributed by atoms with Crippen LogP contribution in [0.15, 0.2) is 30.3 Å². The molecule has 2 amide bonds. The summed E-state index contributed by atoms with van der Waals surface area (Å²) >= 11 is 0. The Morgan fingerprint density at radius 1 is 1.16 bits per heavy atom. The number of carboxylic acid groups (broad SMARTS) is 1. The van der Waals surface area contributed by atoms with Gasteiger partial charge in [-0.15, -0.1) is 0 Å². The Hall–Kier alpha value is -3.88. The minimum absolute atomic E-state index is 0.0926. The van der Waals surface area contributed by atoms with E-state index in [2.05, 4.69) is 10.3 Å². The molecule has 2 aromatic rings. The Morgan fingerprint density at radius 2 is 1.78 bits per heavy atom. The van der Waals surface area contributed by atoms with E-state index in [1.807, 2.05) is 0 Å². The first-order valence-corrected chi connectivity index (χ1v) is 9.38. The van der Waals surface area contributed by atoms with Gasteiger partial charge in [-0.25, -0.2) is 19.0 Å². The molecule has 0 radical (unpaired) electrons. The lowest BCUT2D eigenvalue weighted by Crippen LogP contribution is -2.52. The van der Waals surface area contributed by atoms with Crippen molar-refractivity contribution in [2.45, 2.75) is 12.7 Å². The molecule has 1 fully saturated rings. The van der Waals surface area contributed by atoms with E-state index in [4.69, 9.17) is 5.11 Å². The van der Waals surface area contributed by atoms with Crippen LogP contribution in [0.2, 0.25) is 0 Å². The number of urea groups is 1. The van der Waals surface area contributed by atoms with Crippen molar-refractivity contribution in [3.8, 4) is 6.07 Å². The molecule has 0 saturated carbocycles. The van der Waals surface area contributed by atoms with Gasteiger partial charge in [-0.3, -0.25) is 0 Å². The number of halogens is 4. The van der Waals surface area contributed by atoms with Crippen LogP contribution in [0.25, 0.3) is 0 Å². The smallest absolute Gasteiger partial charge is 0.434 e. The summed E-state index contributed by atoms with van der Waals surface area (Å²) in [4.78, 5) is 29.9. The highest BCUT2D eigenvalue weighted by molar-refractivity contribution is 5.90. The second-order valence-electron chi connectivity index (χ2n) is 6.93. The zero-order valence-electron chi connectivity index (χ0n) is 16.5. The number of aromatic carboxylic acids is 1. The van der Waals surface area contributed by atoms with E-state index < -0.39 is 35.3 Å². The summed E-state index contributed by atoms with van der Waals surface area (Å²) in [5, 5.41) is 21.0. The molecule has 0 spiro atoms. The number of carbonyl (C=O) groups excluding carboxylic acids is 1.